The number of carbonyl (C=O) groups excluding carboxylic acids is 2. The molecule has 10 heteroatoms. The lowest BCUT2D eigenvalue weighted by atomic mass is 9.95. The number of rotatable bonds is 16. The van der Waals surface area contributed by atoms with Gasteiger partial charge < -0.3 is 20.5 Å². The molecule has 4 aromatic rings. The summed E-state index contributed by atoms with van der Waals surface area (Å²) in [7, 11) is 0. The molecule has 0 unspecified atom stereocenters. The van der Waals surface area contributed by atoms with Gasteiger partial charge in [-0.15, -0.1) is 11.3 Å². The van der Waals surface area contributed by atoms with E-state index in [9.17, 15) is 19.5 Å². The average molecular weight is 711 g/mol. The van der Waals surface area contributed by atoms with Crippen LogP contribution in [0.3, 0.4) is 0 Å². The molecule has 5 rings (SSSR count). The number of aromatic nitrogens is 2. The van der Waals surface area contributed by atoms with Crippen LogP contribution in [0.1, 0.15) is 106 Å². The monoisotopic (exact) mass is 710 g/mol. The van der Waals surface area contributed by atoms with Crippen LogP contribution >= 0.6 is 11.3 Å². The van der Waals surface area contributed by atoms with E-state index in [-0.39, 0.29) is 17.7 Å². The molecule has 0 radical (unpaired) electrons. The highest BCUT2D eigenvalue weighted by Crippen LogP contribution is 2.31. The van der Waals surface area contributed by atoms with Crippen LogP contribution in [0.15, 0.2) is 73.1 Å². The van der Waals surface area contributed by atoms with Crippen LogP contribution in [0.25, 0.3) is 22.5 Å². The van der Waals surface area contributed by atoms with Crippen molar-refractivity contribution in [2.75, 3.05) is 6.61 Å². The van der Waals surface area contributed by atoms with Gasteiger partial charge in [0.15, 0.2) is 5.82 Å². The molecule has 270 valence electrons. The molecule has 0 aliphatic heterocycles. The second-order valence-electron chi connectivity index (χ2n) is 14.5. The Morgan fingerprint density at radius 1 is 0.863 bits per heavy atom. The molecule has 2 amide bonds. The number of amides is 2. The van der Waals surface area contributed by atoms with Crippen LogP contribution in [-0.2, 0) is 21.4 Å². The number of nitrogens with one attached hydrogen (secondary N) is 2. The number of nitrogens with zero attached hydrogens (tertiary/aromatic N) is 2. The summed E-state index contributed by atoms with van der Waals surface area (Å²) >= 11 is 1.39. The maximum absolute atomic E-state index is 13.7. The Kier molecular flexibility index (Phi) is 12.6. The molecular formula is C41H50N4O5S. The van der Waals surface area contributed by atoms with Gasteiger partial charge in [-0.3, -0.25) is 9.59 Å². The summed E-state index contributed by atoms with van der Waals surface area (Å²) in [5.41, 5.74) is 2.07. The van der Waals surface area contributed by atoms with Crippen molar-refractivity contribution in [2.45, 2.75) is 109 Å². The van der Waals surface area contributed by atoms with E-state index in [0.29, 0.717) is 23.5 Å². The second-order valence-corrected chi connectivity index (χ2v) is 15.6. The fourth-order valence-corrected chi connectivity index (χ4v) is 7.25. The fraction of sp³-hybridized carbons (Fsp3) is 0.439. The third-order valence-electron chi connectivity index (χ3n) is 9.43. The third-order valence-corrected chi connectivity index (χ3v) is 10.9. The highest BCUT2D eigenvalue weighted by molar-refractivity contribution is 7.14. The summed E-state index contributed by atoms with van der Waals surface area (Å²) in [5, 5.41) is 15.7. The molecule has 9 nitrogen and oxygen atoms in total. The molecule has 0 spiro atoms. The Labute approximate surface area is 305 Å². The van der Waals surface area contributed by atoms with Crippen molar-refractivity contribution in [3.05, 3.63) is 88.4 Å². The van der Waals surface area contributed by atoms with E-state index in [1.54, 1.807) is 18.5 Å². The SMILES string of the molecule is CCCCCCCOc1ccc(-c2cnc(-c3ccc(C[C@H](NC(=O)c4ccc(C(C)(C)C)s4)C(=O)NC4(C(=O)O)CCCC4)cc3)nc2)cc1. The number of aliphatic carboxylic acids is 1. The Hall–Kier alpha value is -4.57. The van der Waals surface area contributed by atoms with Crippen LogP contribution in [-0.4, -0.2) is 51.0 Å². The number of thiophene rings is 1. The maximum atomic E-state index is 13.7. The minimum atomic E-state index is -1.32. The first-order valence-corrected chi connectivity index (χ1v) is 18.9. The molecular weight excluding hydrogens is 661 g/mol. The van der Waals surface area contributed by atoms with Crippen molar-refractivity contribution >= 4 is 29.1 Å². The summed E-state index contributed by atoms with van der Waals surface area (Å²) in [6.45, 7) is 9.18. The van der Waals surface area contributed by atoms with Gasteiger partial charge in [-0.1, -0.05) is 103 Å². The Morgan fingerprint density at radius 3 is 2.12 bits per heavy atom. The number of unbranched alkanes of at least 4 members (excludes halogenated alkanes) is 4. The summed E-state index contributed by atoms with van der Waals surface area (Å²) in [4.78, 5) is 50.1. The van der Waals surface area contributed by atoms with Gasteiger partial charge in [-0.05, 0) is 60.1 Å². The van der Waals surface area contributed by atoms with Crippen LogP contribution in [0.4, 0.5) is 0 Å². The van der Waals surface area contributed by atoms with E-state index in [1.807, 2.05) is 54.6 Å². The zero-order valence-electron chi connectivity index (χ0n) is 30.2. The Morgan fingerprint density at radius 2 is 1.51 bits per heavy atom. The van der Waals surface area contributed by atoms with Crippen molar-refractivity contribution in [1.82, 2.24) is 20.6 Å². The van der Waals surface area contributed by atoms with Crippen LogP contribution < -0.4 is 15.4 Å². The zero-order valence-corrected chi connectivity index (χ0v) is 31.0. The number of carbonyl (C=O) groups is 3. The molecule has 1 saturated carbocycles. The number of carboxylic acid groups (broad SMARTS) is 1. The molecule has 2 aromatic carbocycles. The summed E-state index contributed by atoms with van der Waals surface area (Å²) in [5.74, 6) is -0.502. The number of carboxylic acids is 1. The van der Waals surface area contributed by atoms with Gasteiger partial charge in [0.25, 0.3) is 5.91 Å². The van der Waals surface area contributed by atoms with Crippen molar-refractivity contribution in [1.29, 1.82) is 0 Å². The fourth-order valence-electron chi connectivity index (χ4n) is 6.29. The zero-order chi connectivity index (χ0) is 36.4. The maximum Gasteiger partial charge on any atom is 0.329 e. The first-order valence-electron chi connectivity index (χ1n) is 18.1. The molecule has 1 aliphatic rings. The predicted molar refractivity (Wildman–Crippen MR) is 202 cm³/mol. The third kappa shape index (κ3) is 10.0. The van der Waals surface area contributed by atoms with Gasteiger partial charge in [0.2, 0.25) is 5.91 Å². The average Bonchev–Trinajstić information content (AvgIpc) is 3.82. The number of ether oxygens (including phenoxy) is 1. The molecule has 3 N–H and O–H groups in total. The Balaban J connectivity index is 1.25. The lowest BCUT2D eigenvalue weighted by molar-refractivity contribution is -0.147. The molecule has 1 fully saturated rings. The number of hydrogen-bond acceptors (Lipinski definition) is 7. The van der Waals surface area contributed by atoms with E-state index < -0.39 is 23.5 Å². The van der Waals surface area contributed by atoms with Crippen LogP contribution in [0.2, 0.25) is 0 Å². The van der Waals surface area contributed by atoms with Gasteiger partial charge >= 0.3 is 5.97 Å². The highest BCUT2D eigenvalue weighted by atomic mass is 32.1. The van der Waals surface area contributed by atoms with E-state index in [0.717, 1.165) is 58.7 Å². The quantitative estimate of drug-likeness (QED) is 0.0996. The van der Waals surface area contributed by atoms with Crippen LogP contribution in [0, 0.1) is 0 Å². The number of hydrogen-bond donors (Lipinski definition) is 3. The van der Waals surface area contributed by atoms with Crippen molar-refractivity contribution in [3.63, 3.8) is 0 Å². The molecule has 0 saturated heterocycles. The molecule has 0 bridgehead atoms. The minimum Gasteiger partial charge on any atom is -0.494 e. The molecule has 2 aromatic heterocycles. The van der Waals surface area contributed by atoms with E-state index >= 15 is 0 Å². The van der Waals surface area contributed by atoms with Crippen molar-refractivity contribution < 1.29 is 24.2 Å². The van der Waals surface area contributed by atoms with E-state index in [2.05, 4.69) is 48.3 Å². The molecule has 51 heavy (non-hydrogen) atoms. The first-order chi connectivity index (χ1) is 24.5. The first kappa shape index (κ1) is 37.7. The summed E-state index contributed by atoms with van der Waals surface area (Å²) in [6, 6.07) is 18.2. The van der Waals surface area contributed by atoms with Crippen LogP contribution in [0.5, 0.6) is 5.75 Å². The standard InChI is InChI=1S/C41H50N4O5S/c1-5-6-7-8-11-24-50-32-18-16-29(17-19-32)31-26-42-36(43-27-31)30-14-12-28(13-15-30)25-33(37(46)45-41(39(48)49)22-9-10-23-41)44-38(47)34-20-21-35(51-34)40(2,3)4/h12-21,26-27,33H,5-11,22-25H2,1-4H3,(H,44,47)(H,45,46)(H,48,49)/t33-/m0/s1. The topological polar surface area (TPSA) is 131 Å². The van der Waals surface area contributed by atoms with E-state index in [1.165, 1.54) is 37.0 Å². The molecule has 2 heterocycles. The lowest BCUT2D eigenvalue weighted by Gasteiger charge is -2.28. The summed E-state index contributed by atoms with van der Waals surface area (Å²) in [6.07, 6.45) is 12.0. The van der Waals surface area contributed by atoms with Gasteiger partial charge in [-0.25, -0.2) is 14.8 Å². The lowest BCUT2D eigenvalue weighted by Crippen LogP contribution is -2.58. The van der Waals surface area contributed by atoms with Gasteiger partial charge in [0.1, 0.15) is 17.3 Å². The Bertz CT molecular complexity index is 1760. The highest BCUT2D eigenvalue weighted by Gasteiger charge is 2.44. The normalized spacial score (nSPS) is 14.5. The predicted octanol–water partition coefficient (Wildman–Crippen LogP) is 8.37. The van der Waals surface area contributed by atoms with E-state index in [4.69, 9.17) is 4.74 Å². The van der Waals surface area contributed by atoms with Gasteiger partial charge in [0, 0.05) is 34.8 Å². The largest absolute Gasteiger partial charge is 0.494 e. The smallest absolute Gasteiger partial charge is 0.329 e. The molecule has 1 aliphatic carbocycles. The number of benzene rings is 2. The second kappa shape index (κ2) is 17.1. The molecule has 1 atom stereocenters. The minimum absolute atomic E-state index is 0.115. The van der Waals surface area contributed by atoms with Crippen molar-refractivity contribution in [3.8, 4) is 28.3 Å². The van der Waals surface area contributed by atoms with Gasteiger partial charge in [-0.2, -0.15) is 0 Å². The van der Waals surface area contributed by atoms with Gasteiger partial charge in [0.05, 0.1) is 11.5 Å². The van der Waals surface area contributed by atoms with Crippen molar-refractivity contribution in [2.24, 2.45) is 0 Å². The summed E-state index contributed by atoms with van der Waals surface area (Å²) < 4.78 is 5.90.